The zero-order valence-electron chi connectivity index (χ0n) is 11.6. The van der Waals surface area contributed by atoms with Gasteiger partial charge in [-0.15, -0.1) is 0 Å². The van der Waals surface area contributed by atoms with Crippen LogP contribution in [0.25, 0.3) is 0 Å². The van der Waals surface area contributed by atoms with Gasteiger partial charge in [0.25, 0.3) is 0 Å². The fourth-order valence-electron chi connectivity index (χ4n) is 2.42. The number of imidazole rings is 1. The molecular weight excluding hydrogens is 214 g/mol. The molecule has 0 amide bonds. The first-order valence-corrected chi connectivity index (χ1v) is 6.26. The molecule has 4 nitrogen and oxygen atoms in total. The van der Waals surface area contributed by atoms with E-state index in [2.05, 4.69) is 56.8 Å². The lowest BCUT2D eigenvalue weighted by molar-refractivity contribution is -0.108. The van der Waals surface area contributed by atoms with E-state index in [4.69, 9.17) is 4.74 Å². The number of hydrogen-bond donors (Lipinski definition) is 2. The molecule has 0 aliphatic carbocycles. The summed E-state index contributed by atoms with van der Waals surface area (Å²) in [6.45, 7) is 13.3. The van der Waals surface area contributed by atoms with Crippen LogP contribution in [0.1, 0.15) is 58.8 Å². The maximum atomic E-state index is 6.01. The average Bonchev–Trinajstić information content (AvgIpc) is 2.63. The van der Waals surface area contributed by atoms with Gasteiger partial charge in [0.2, 0.25) is 0 Å². The van der Waals surface area contributed by atoms with E-state index in [9.17, 15) is 0 Å². The summed E-state index contributed by atoms with van der Waals surface area (Å²) in [6, 6.07) is 0.465. The standard InChI is InChI=1S/C13H23N3O/c1-8(2)14-7-9-15-10-11(16-9)13(5,6)17-12(10,3)4/h8,14H,7H2,1-6H3,(H,15,16). The van der Waals surface area contributed by atoms with Gasteiger partial charge in [-0.2, -0.15) is 0 Å². The van der Waals surface area contributed by atoms with E-state index in [1.165, 1.54) is 0 Å². The van der Waals surface area contributed by atoms with Crippen LogP contribution in [0.15, 0.2) is 0 Å². The summed E-state index contributed by atoms with van der Waals surface area (Å²) in [4.78, 5) is 8.06. The number of nitrogens with one attached hydrogen (secondary N) is 2. The van der Waals surface area contributed by atoms with Crippen molar-refractivity contribution < 1.29 is 4.74 Å². The van der Waals surface area contributed by atoms with Crippen LogP contribution in [0.4, 0.5) is 0 Å². The zero-order valence-corrected chi connectivity index (χ0v) is 11.6. The molecule has 0 spiro atoms. The lowest BCUT2D eigenvalue weighted by atomic mass is 10.0. The van der Waals surface area contributed by atoms with E-state index < -0.39 is 0 Å². The Hall–Kier alpha value is -0.870. The minimum Gasteiger partial charge on any atom is -0.357 e. The largest absolute Gasteiger partial charge is 0.357 e. The second-order valence-corrected chi connectivity index (χ2v) is 6.07. The Morgan fingerprint density at radius 3 is 2.41 bits per heavy atom. The van der Waals surface area contributed by atoms with Gasteiger partial charge in [0.05, 0.1) is 17.9 Å². The second-order valence-electron chi connectivity index (χ2n) is 6.07. The summed E-state index contributed by atoms with van der Waals surface area (Å²) in [5, 5.41) is 3.37. The highest BCUT2D eigenvalue weighted by Crippen LogP contribution is 2.45. The number of aromatic amines is 1. The first-order valence-electron chi connectivity index (χ1n) is 6.26. The second kappa shape index (κ2) is 3.82. The first kappa shape index (κ1) is 12.6. The molecule has 2 heterocycles. The van der Waals surface area contributed by atoms with Crippen LogP contribution in [0.3, 0.4) is 0 Å². The number of rotatable bonds is 3. The third-order valence-corrected chi connectivity index (χ3v) is 3.11. The fraction of sp³-hybridized carbons (Fsp3) is 0.769. The molecule has 0 bridgehead atoms. The van der Waals surface area contributed by atoms with E-state index >= 15 is 0 Å². The van der Waals surface area contributed by atoms with Crippen molar-refractivity contribution in [1.29, 1.82) is 0 Å². The lowest BCUT2D eigenvalue weighted by Crippen LogP contribution is -2.26. The molecule has 1 aliphatic heterocycles. The highest BCUT2D eigenvalue weighted by molar-refractivity contribution is 5.30. The molecule has 0 saturated carbocycles. The Morgan fingerprint density at radius 2 is 1.88 bits per heavy atom. The molecule has 0 atom stereocenters. The summed E-state index contributed by atoms with van der Waals surface area (Å²) >= 11 is 0. The SMILES string of the molecule is CC(C)NCc1nc2c([nH]1)C(C)(C)OC2(C)C. The quantitative estimate of drug-likeness (QED) is 0.848. The molecule has 0 radical (unpaired) electrons. The van der Waals surface area contributed by atoms with Gasteiger partial charge in [-0.25, -0.2) is 4.98 Å². The number of aromatic nitrogens is 2. The Balaban J connectivity index is 2.27. The lowest BCUT2D eigenvalue weighted by Gasteiger charge is -2.24. The normalized spacial score (nSPS) is 20.9. The topological polar surface area (TPSA) is 49.9 Å². The molecule has 0 unspecified atom stereocenters. The summed E-state index contributed by atoms with van der Waals surface area (Å²) in [5.41, 5.74) is 1.58. The van der Waals surface area contributed by atoms with Crippen molar-refractivity contribution in [2.24, 2.45) is 0 Å². The van der Waals surface area contributed by atoms with Crippen molar-refractivity contribution >= 4 is 0 Å². The molecular formula is C13H23N3O. The molecule has 2 rings (SSSR count). The number of fused-ring (bicyclic) bond motifs is 1. The van der Waals surface area contributed by atoms with Gasteiger partial charge in [-0.1, -0.05) is 13.8 Å². The molecule has 1 aromatic heterocycles. The number of nitrogens with zero attached hydrogens (tertiary/aromatic N) is 1. The zero-order chi connectivity index (χ0) is 12.8. The first-order chi connectivity index (χ1) is 7.72. The summed E-state index contributed by atoms with van der Waals surface area (Å²) in [7, 11) is 0. The Kier molecular flexibility index (Phi) is 2.83. The van der Waals surface area contributed by atoms with Gasteiger partial charge in [-0.3, -0.25) is 0 Å². The third-order valence-electron chi connectivity index (χ3n) is 3.11. The van der Waals surface area contributed by atoms with Crippen molar-refractivity contribution in [1.82, 2.24) is 15.3 Å². The summed E-state index contributed by atoms with van der Waals surface area (Å²) in [6.07, 6.45) is 0. The molecule has 4 heteroatoms. The predicted molar refractivity (Wildman–Crippen MR) is 67.7 cm³/mol. The Morgan fingerprint density at radius 1 is 1.24 bits per heavy atom. The van der Waals surface area contributed by atoms with Gasteiger partial charge in [0, 0.05) is 6.04 Å². The molecule has 96 valence electrons. The van der Waals surface area contributed by atoms with Crippen molar-refractivity contribution in [3.63, 3.8) is 0 Å². The Labute approximate surface area is 103 Å². The Bertz CT molecular complexity index is 387. The number of hydrogen-bond acceptors (Lipinski definition) is 3. The van der Waals surface area contributed by atoms with E-state index in [-0.39, 0.29) is 11.2 Å². The van der Waals surface area contributed by atoms with E-state index in [0.29, 0.717) is 6.04 Å². The molecule has 17 heavy (non-hydrogen) atoms. The van der Waals surface area contributed by atoms with Crippen LogP contribution in [-0.4, -0.2) is 16.0 Å². The van der Waals surface area contributed by atoms with Gasteiger partial charge < -0.3 is 15.0 Å². The van der Waals surface area contributed by atoms with E-state index in [1.54, 1.807) is 0 Å². The van der Waals surface area contributed by atoms with E-state index in [0.717, 1.165) is 23.8 Å². The molecule has 2 N–H and O–H groups in total. The maximum absolute atomic E-state index is 6.01. The van der Waals surface area contributed by atoms with Crippen LogP contribution >= 0.6 is 0 Å². The predicted octanol–water partition coefficient (Wildman–Crippen LogP) is 2.41. The fourth-order valence-corrected chi connectivity index (χ4v) is 2.42. The average molecular weight is 237 g/mol. The molecule has 0 saturated heterocycles. The molecule has 0 fully saturated rings. The van der Waals surface area contributed by atoms with Crippen molar-refractivity contribution in [3.8, 4) is 0 Å². The minimum atomic E-state index is -0.300. The van der Waals surface area contributed by atoms with E-state index in [1.807, 2.05) is 0 Å². The van der Waals surface area contributed by atoms with Crippen LogP contribution in [0, 0.1) is 0 Å². The number of H-pyrrole nitrogens is 1. The van der Waals surface area contributed by atoms with Crippen molar-refractivity contribution in [2.75, 3.05) is 0 Å². The summed E-state index contributed by atoms with van der Waals surface area (Å²) in [5.74, 6) is 0.994. The molecule has 1 aromatic rings. The van der Waals surface area contributed by atoms with Crippen LogP contribution in [0.2, 0.25) is 0 Å². The van der Waals surface area contributed by atoms with Crippen LogP contribution in [0.5, 0.6) is 0 Å². The highest BCUT2D eigenvalue weighted by atomic mass is 16.5. The smallest absolute Gasteiger partial charge is 0.120 e. The highest BCUT2D eigenvalue weighted by Gasteiger charge is 2.46. The van der Waals surface area contributed by atoms with Crippen LogP contribution in [-0.2, 0) is 22.5 Å². The monoisotopic (exact) mass is 237 g/mol. The van der Waals surface area contributed by atoms with Gasteiger partial charge in [-0.05, 0) is 27.7 Å². The van der Waals surface area contributed by atoms with Crippen LogP contribution < -0.4 is 5.32 Å². The minimum absolute atomic E-state index is 0.276. The summed E-state index contributed by atoms with van der Waals surface area (Å²) < 4.78 is 6.01. The molecule has 1 aliphatic rings. The third kappa shape index (κ3) is 2.24. The maximum Gasteiger partial charge on any atom is 0.120 e. The van der Waals surface area contributed by atoms with Gasteiger partial charge in [0.1, 0.15) is 17.0 Å². The van der Waals surface area contributed by atoms with Crippen molar-refractivity contribution in [2.45, 2.75) is 65.3 Å². The van der Waals surface area contributed by atoms with Gasteiger partial charge >= 0.3 is 0 Å². The van der Waals surface area contributed by atoms with Gasteiger partial charge in [0.15, 0.2) is 0 Å². The number of ether oxygens (including phenoxy) is 1. The molecule has 0 aromatic carbocycles. The van der Waals surface area contributed by atoms with Crippen molar-refractivity contribution in [3.05, 3.63) is 17.2 Å².